The smallest absolute Gasteiger partial charge is 0.107 e. The minimum Gasteiger partial charge on any atom is -0.366 e. The normalized spacial score (nSPS) is 19.9. The Morgan fingerprint density at radius 2 is 2.67 bits per heavy atom. The van der Waals surface area contributed by atoms with Gasteiger partial charge in [0.15, 0.2) is 0 Å². The van der Waals surface area contributed by atoms with E-state index in [1.54, 1.807) is 0 Å². The largest absolute Gasteiger partial charge is 0.366 e. The topological polar surface area (TPSA) is 9.23 Å². The molecule has 1 atom stereocenters. The molecule has 0 saturated heterocycles. The molecule has 1 aliphatic carbocycles. The third-order valence-electron chi connectivity index (χ3n) is 1.52. The Morgan fingerprint density at radius 1 is 1.78 bits per heavy atom. The van der Waals surface area contributed by atoms with Gasteiger partial charge in [-0.05, 0) is 25.7 Å². The molecular formula is C8H11O. The van der Waals surface area contributed by atoms with Crippen LogP contribution in [0.25, 0.3) is 0 Å². The Morgan fingerprint density at radius 3 is 3.22 bits per heavy atom. The maximum atomic E-state index is 5.28. The molecule has 49 valence electrons. The zero-order valence-electron chi connectivity index (χ0n) is 5.47. The second-order valence-electron chi connectivity index (χ2n) is 2.24. The van der Waals surface area contributed by atoms with Crippen LogP contribution < -0.4 is 0 Å². The number of hydrogen-bond donors (Lipinski definition) is 0. The maximum absolute atomic E-state index is 5.28. The van der Waals surface area contributed by atoms with E-state index in [1.807, 2.05) is 0 Å². The van der Waals surface area contributed by atoms with Crippen LogP contribution in [0.3, 0.4) is 0 Å². The van der Waals surface area contributed by atoms with Crippen molar-refractivity contribution in [3.05, 3.63) is 6.42 Å². The van der Waals surface area contributed by atoms with Crippen LogP contribution in [-0.2, 0) is 4.74 Å². The molecular weight excluding hydrogens is 112 g/mol. The zero-order valence-corrected chi connectivity index (χ0v) is 5.47. The molecule has 0 aromatic heterocycles. The molecule has 1 nitrogen and oxygen atoms in total. The molecule has 1 fully saturated rings. The summed E-state index contributed by atoms with van der Waals surface area (Å²) in [5.41, 5.74) is 0. The van der Waals surface area contributed by atoms with Gasteiger partial charge in [-0.15, -0.1) is 6.42 Å². The van der Waals surface area contributed by atoms with Crippen LogP contribution in [0.2, 0.25) is 0 Å². The lowest BCUT2D eigenvalue weighted by molar-refractivity contribution is 0.0857. The first-order valence-electron chi connectivity index (χ1n) is 3.30. The highest BCUT2D eigenvalue weighted by Gasteiger charge is 2.14. The summed E-state index contributed by atoms with van der Waals surface area (Å²) in [6.45, 7) is 0.471. The molecule has 0 aromatic rings. The highest BCUT2D eigenvalue weighted by molar-refractivity contribution is 4.86. The van der Waals surface area contributed by atoms with Crippen molar-refractivity contribution in [3.63, 3.8) is 0 Å². The van der Waals surface area contributed by atoms with Crippen molar-refractivity contribution in [1.29, 1.82) is 0 Å². The number of hydrogen-bond acceptors (Lipinski definition) is 1. The molecule has 1 aliphatic rings. The van der Waals surface area contributed by atoms with Crippen LogP contribution in [0.1, 0.15) is 19.3 Å². The summed E-state index contributed by atoms with van der Waals surface area (Å²) in [7, 11) is 0. The highest BCUT2D eigenvalue weighted by atomic mass is 16.5. The molecule has 0 spiro atoms. The number of rotatable bonds is 2. The van der Waals surface area contributed by atoms with Crippen LogP contribution in [0.5, 0.6) is 0 Å². The van der Waals surface area contributed by atoms with E-state index in [9.17, 15) is 0 Å². The third-order valence-corrected chi connectivity index (χ3v) is 1.52. The average Bonchev–Trinajstić information content (AvgIpc) is 2.34. The molecule has 1 heteroatoms. The summed E-state index contributed by atoms with van der Waals surface area (Å²) in [6.07, 6.45) is 11.1. The minimum absolute atomic E-state index is 0.418. The summed E-state index contributed by atoms with van der Waals surface area (Å²) in [5, 5.41) is 0. The summed E-state index contributed by atoms with van der Waals surface area (Å²) in [4.78, 5) is 0. The lowest BCUT2D eigenvalue weighted by atomic mass is 10.3. The van der Waals surface area contributed by atoms with E-state index in [4.69, 9.17) is 11.2 Å². The molecule has 1 radical (unpaired) electrons. The molecule has 0 N–H and O–H groups in total. The summed E-state index contributed by atoms with van der Waals surface area (Å²) >= 11 is 0. The fraction of sp³-hybridized carbons (Fsp3) is 0.625. The van der Waals surface area contributed by atoms with Gasteiger partial charge in [-0.1, -0.05) is 5.92 Å². The van der Waals surface area contributed by atoms with E-state index < -0.39 is 0 Å². The minimum atomic E-state index is 0.418. The molecule has 0 heterocycles. The van der Waals surface area contributed by atoms with Gasteiger partial charge < -0.3 is 4.74 Å². The molecule has 1 rings (SSSR count). The van der Waals surface area contributed by atoms with Gasteiger partial charge in [0.1, 0.15) is 6.61 Å². The van der Waals surface area contributed by atoms with Crippen LogP contribution >= 0.6 is 0 Å². The summed E-state index contributed by atoms with van der Waals surface area (Å²) < 4.78 is 5.28. The van der Waals surface area contributed by atoms with Crippen molar-refractivity contribution in [3.8, 4) is 12.3 Å². The van der Waals surface area contributed by atoms with Gasteiger partial charge >= 0.3 is 0 Å². The second kappa shape index (κ2) is 3.53. The predicted octanol–water partition coefficient (Wildman–Crippen LogP) is 1.39. The summed E-state index contributed by atoms with van der Waals surface area (Å²) in [5.74, 6) is 2.46. The third kappa shape index (κ3) is 2.07. The Labute approximate surface area is 56.4 Å². The Balaban J connectivity index is 2.06. The number of terminal acetylenes is 1. The highest BCUT2D eigenvalue weighted by Crippen LogP contribution is 2.19. The predicted molar refractivity (Wildman–Crippen MR) is 36.7 cm³/mol. The van der Waals surface area contributed by atoms with Gasteiger partial charge in [0.25, 0.3) is 0 Å². The first-order valence-corrected chi connectivity index (χ1v) is 3.30. The quantitative estimate of drug-likeness (QED) is 0.504. The lowest BCUT2D eigenvalue weighted by Gasteiger charge is -2.05. The van der Waals surface area contributed by atoms with E-state index in [0.29, 0.717) is 12.7 Å². The van der Waals surface area contributed by atoms with Gasteiger partial charge in [0.05, 0.1) is 6.10 Å². The van der Waals surface area contributed by atoms with Crippen molar-refractivity contribution < 1.29 is 4.74 Å². The van der Waals surface area contributed by atoms with E-state index in [-0.39, 0.29) is 0 Å². The van der Waals surface area contributed by atoms with Gasteiger partial charge in [-0.3, -0.25) is 0 Å². The molecule has 0 aromatic carbocycles. The van der Waals surface area contributed by atoms with Crippen molar-refractivity contribution in [2.45, 2.75) is 25.4 Å². The van der Waals surface area contributed by atoms with Crippen LogP contribution in [0, 0.1) is 18.8 Å². The van der Waals surface area contributed by atoms with E-state index in [2.05, 4.69) is 12.3 Å². The maximum Gasteiger partial charge on any atom is 0.107 e. The Kier molecular flexibility index (Phi) is 2.60. The number of ether oxygens (including phenoxy) is 1. The molecule has 0 aliphatic heterocycles. The van der Waals surface area contributed by atoms with E-state index in [1.165, 1.54) is 6.42 Å². The van der Waals surface area contributed by atoms with E-state index in [0.717, 1.165) is 12.8 Å². The fourth-order valence-electron chi connectivity index (χ4n) is 1.04. The monoisotopic (exact) mass is 123 g/mol. The molecule has 0 amide bonds. The molecule has 9 heavy (non-hydrogen) atoms. The zero-order chi connectivity index (χ0) is 6.53. The first-order chi connectivity index (χ1) is 4.43. The van der Waals surface area contributed by atoms with Gasteiger partial charge in [-0.2, -0.15) is 0 Å². The van der Waals surface area contributed by atoms with Crippen molar-refractivity contribution in [1.82, 2.24) is 0 Å². The first kappa shape index (κ1) is 6.64. The fourth-order valence-corrected chi connectivity index (χ4v) is 1.04. The Hall–Kier alpha value is -0.480. The van der Waals surface area contributed by atoms with Gasteiger partial charge in [0.2, 0.25) is 0 Å². The Bertz CT molecular complexity index is 106. The van der Waals surface area contributed by atoms with Gasteiger partial charge in [-0.25, -0.2) is 0 Å². The molecule has 1 saturated carbocycles. The molecule has 1 unspecified atom stereocenters. The molecule has 0 bridgehead atoms. The lowest BCUT2D eigenvalue weighted by Crippen LogP contribution is -2.06. The van der Waals surface area contributed by atoms with Crippen molar-refractivity contribution in [2.24, 2.45) is 0 Å². The standard InChI is InChI=1S/C8H11O/c1-2-7-9-8-5-3-4-6-8/h1,3,8H,4-7H2. The second-order valence-corrected chi connectivity index (χ2v) is 2.24. The van der Waals surface area contributed by atoms with Crippen LogP contribution in [0.15, 0.2) is 0 Å². The summed E-state index contributed by atoms with van der Waals surface area (Å²) in [6, 6.07) is 0. The van der Waals surface area contributed by atoms with Crippen molar-refractivity contribution >= 4 is 0 Å². The van der Waals surface area contributed by atoms with Crippen molar-refractivity contribution in [2.75, 3.05) is 6.61 Å². The average molecular weight is 123 g/mol. The SMILES string of the molecule is C#CCOC1C[CH]CC1. The van der Waals surface area contributed by atoms with E-state index >= 15 is 0 Å². The van der Waals surface area contributed by atoms with Gasteiger partial charge in [0, 0.05) is 0 Å². The van der Waals surface area contributed by atoms with Crippen LogP contribution in [0.4, 0.5) is 0 Å². The van der Waals surface area contributed by atoms with Crippen LogP contribution in [-0.4, -0.2) is 12.7 Å².